The zero-order valence-corrected chi connectivity index (χ0v) is 19.9. The molecule has 168 valence electrons. The van der Waals surface area contributed by atoms with Gasteiger partial charge >= 0.3 is 5.97 Å². The third kappa shape index (κ3) is 9.19. The van der Waals surface area contributed by atoms with Gasteiger partial charge in [-0.25, -0.2) is 4.79 Å². The maximum atomic E-state index is 11.8. The highest BCUT2D eigenvalue weighted by molar-refractivity contribution is 8.00. The molecule has 2 aromatic carbocycles. The molecule has 0 spiro atoms. The molecule has 2 aromatic rings. The number of rotatable bonds is 13. The summed E-state index contributed by atoms with van der Waals surface area (Å²) >= 11 is 1.78. The monoisotopic (exact) mass is 442 g/mol. The van der Waals surface area contributed by atoms with Crippen molar-refractivity contribution in [2.45, 2.75) is 50.7 Å². The number of unbranched alkanes of at least 4 members (excludes halogenated alkanes) is 1. The molecule has 0 saturated carbocycles. The van der Waals surface area contributed by atoms with Crippen LogP contribution in [-0.2, 0) is 14.3 Å². The summed E-state index contributed by atoms with van der Waals surface area (Å²) in [5.74, 6) is 0.505. The Morgan fingerprint density at radius 3 is 2.42 bits per heavy atom. The van der Waals surface area contributed by atoms with Gasteiger partial charge in [0, 0.05) is 22.8 Å². The summed E-state index contributed by atoms with van der Waals surface area (Å²) in [4.78, 5) is 12.9. The molecule has 0 fully saturated rings. The van der Waals surface area contributed by atoms with Gasteiger partial charge in [-0.1, -0.05) is 45.4 Å². The molecule has 0 bridgehead atoms. The first-order valence-electron chi connectivity index (χ1n) is 11.0. The molecule has 0 heterocycles. The number of benzene rings is 2. The molecule has 0 aliphatic carbocycles. The average Bonchev–Trinajstić information content (AvgIpc) is 2.76. The first-order chi connectivity index (χ1) is 15.0. The van der Waals surface area contributed by atoms with Gasteiger partial charge in [0.25, 0.3) is 0 Å². The van der Waals surface area contributed by atoms with E-state index in [2.05, 4.69) is 51.1 Å². The lowest BCUT2D eigenvalue weighted by atomic mass is 10.0. The molecule has 0 aromatic heterocycles. The normalized spacial score (nSPS) is 11.3. The molecule has 0 radical (unpaired) electrons. The van der Waals surface area contributed by atoms with E-state index in [1.54, 1.807) is 18.7 Å². The van der Waals surface area contributed by atoms with E-state index in [-0.39, 0.29) is 5.97 Å². The predicted octanol–water partition coefficient (Wildman–Crippen LogP) is 6.63. The van der Waals surface area contributed by atoms with E-state index in [4.69, 9.17) is 14.2 Å². The van der Waals surface area contributed by atoms with Crippen molar-refractivity contribution in [3.8, 4) is 16.9 Å². The van der Waals surface area contributed by atoms with E-state index in [1.165, 1.54) is 6.08 Å². The zero-order chi connectivity index (χ0) is 22.5. The van der Waals surface area contributed by atoms with Crippen molar-refractivity contribution in [3.05, 3.63) is 54.1 Å². The Labute approximate surface area is 191 Å². The SMILES string of the molecule is CCCCOCCOc1ccc(-c2ccc(SC(C)C)c(/C=C/C(=O)OCC)c2)cc1. The van der Waals surface area contributed by atoms with E-state index < -0.39 is 0 Å². The highest BCUT2D eigenvalue weighted by Crippen LogP contribution is 2.32. The topological polar surface area (TPSA) is 44.8 Å². The minimum absolute atomic E-state index is 0.325. The van der Waals surface area contributed by atoms with Crippen LogP contribution in [0.2, 0.25) is 0 Å². The summed E-state index contributed by atoms with van der Waals surface area (Å²) in [6, 6.07) is 14.4. The Morgan fingerprint density at radius 1 is 1.00 bits per heavy atom. The number of ether oxygens (including phenoxy) is 3. The lowest BCUT2D eigenvalue weighted by Gasteiger charge is -2.12. The fourth-order valence-corrected chi connectivity index (χ4v) is 3.80. The molecule has 0 atom stereocenters. The number of hydrogen-bond acceptors (Lipinski definition) is 5. The summed E-state index contributed by atoms with van der Waals surface area (Å²) < 4.78 is 16.3. The van der Waals surface area contributed by atoms with Crippen molar-refractivity contribution in [1.29, 1.82) is 0 Å². The Morgan fingerprint density at radius 2 is 1.74 bits per heavy atom. The van der Waals surface area contributed by atoms with Crippen molar-refractivity contribution in [3.63, 3.8) is 0 Å². The molecule has 5 heteroatoms. The van der Waals surface area contributed by atoms with E-state index in [0.717, 1.165) is 46.8 Å². The number of esters is 1. The molecule has 0 aliphatic rings. The van der Waals surface area contributed by atoms with Crippen LogP contribution in [0.15, 0.2) is 53.4 Å². The van der Waals surface area contributed by atoms with Gasteiger partial charge in [-0.2, -0.15) is 0 Å². The molecule has 4 nitrogen and oxygen atoms in total. The van der Waals surface area contributed by atoms with Crippen LogP contribution in [-0.4, -0.2) is 37.6 Å². The minimum atomic E-state index is -0.325. The van der Waals surface area contributed by atoms with Gasteiger partial charge in [0.05, 0.1) is 13.2 Å². The summed E-state index contributed by atoms with van der Waals surface area (Å²) in [5, 5.41) is 0.447. The van der Waals surface area contributed by atoms with Gasteiger partial charge in [0.15, 0.2) is 0 Å². The van der Waals surface area contributed by atoms with Gasteiger partial charge in [0.2, 0.25) is 0 Å². The average molecular weight is 443 g/mol. The number of hydrogen-bond donors (Lipinski definition) is 0. The van der Waals surface area contributed by atoms with Gasteiger partial charge in [-0.3, -0.25) is 0 Å². The van der Waals surface area contributed by atoms with Gasteiger partial charge in [-0.15, -0.1) is 11.8 Å². The molecule has 31 heavy (non-hydrogen) atoms. The van der Waals surface area contributed by atoms with Crippen molar-refractivity contribution in [2.75, 3.05) is 26.4 Å². The number of carbonyl (C=O) groups excluding carboxylic acids is 1. The minimum Gasteiger partial charge on any atom is -0.491 e. The maximum absolute atomic E-state index is 11.8. The predicted molar refractivity (Wildman–Crippen MR) is 130 cm³/mol. The van der Waals surface area contributed by atoms with Crippen molar-refractivity contribution < 1.29 is 19.0 Å². The summed E-state index contributed by atoms with van der Waals surface area (Å²) in [5.41, 5.74) is 3.19. The Bertz CT molecular complexity index is 828. The smallest absolute Gasteiger partial charge is 0.330 e. The fraction of sp³-hybridized carbons (Fsp3) is 0.423. The second kappa shape index (κ2) is 13.9. The third-order valence-corrected chi connectivity index (χ3v) is 5.48. The van der Waals surface area contributed by atoms with Gasteiger partial charge < -0.3 is 14.2 Å². The third-order valence-electron chi connectivity index (χ3n) is 4.38. The first-order valence-corrected chi connectivity index (χ1v) is 11.9. The second-order valence-corrected chi connectivity index (χ2v) is 8.96. The van der Waals surface area contributed by atoms with Crippen LogP contribution in [0, 0.1) is 0 Å². The number of carbonyl (C=O) groups is 1. The van der Waals surface area contributed by atoms with Crippen LogP contribution in [0.3, 0.4) is 0 Å². The summed E-state index contributed by atoms with van der Waals surface area (Å²) in [7, 11) is 0. The van der Waals surface area contributed by atoms with Crippen LogP contribution < -0.4 is 4.74 Å². The molecule has 0 aliphatic heterocycles. The van der Waals surface area contributed by atoms with E-state index >= 15 is 0 Å². The molecular formula is C26H34O4S. The molecule has 0 N–H and O–H groups in total. The van der Waals surface area contributed by atoms with Crippen LogP contribution in [0.4, 0.5) is 0 Å². The fourth-order valence-electron chi connectivity index (χ4n) is 2.88. The van der Waals surface area contributed by atoms with Crippen LogP contribution in [0.25, 0.3) is 17.2 Å². The largest absolute Gasteiger partial charge is 0.491 e. The van der Waals surface area contributed by atoms with Crippen molar-refractivity contribution in [2.24, 2.45) is 0 Å². The summed E-state index contributed by atoms with van der Waals surface area (Å²) in [6.45, 7) is 10.6. The summed E-state index contributed by atoms with van der Waals surface area (Å²) in [6.07, 6.45) is 5.55. The van der Waals surface area contributed by atoms with E-state index in [9.17, 15) is 4.79 Å². The zero-order valence-electron chi connectivity index (χ0n) is 19.1. The highest BCUT2D eigenvalue weighted by Gasteiger charge is 2.08. The van der Waals surface area contributed by atoms with Crippen LogP contribution >= 0.6 is 11.8 Å². The van der Waals surface area contributed by atoms with Crippen LogP contribution in [0.1, 0.15) is 46.1 Å². The van der Waals surface area contributed by atoms with Crippen LogP contribution in [0.5, 0.6) is 5.75 Å². The lowest BCUT2D eigenvalue weighted by Crippen LogP contribution is -2.07. The van der Waals surface area contributed by atoms with E-state index in [0.29, 0.717) is 25.1 Å². The Balaban J connectivity index is 2.08. The lowest BCUT2D eigenvalue weighted by molar-refractivity contribution is -0.137. The number of thioether (sulfide) groups is 1. The second-order valence-electron chi connectivity index (χ2n) is 7.34. The maximum Gasteiger partial charge on any atom is 0.330 e. The van der Waals surface area contributed by atoms with Crippen molar-refractivity contribution in [1.82, 2.24) is 0 Å². The molecule has 0 amide bonds. The molecule has 0 saturated heterocycles. The van der Waals surface area contributed by atoms with E-state index in [1.807, 2.05) is 18.2 Å². The van der Waals surface area contributed by atoms with Gasteiger partial charge in [0.1, 0.15) is 12.4 Å². The molecular weight excluding hydrogens is 408 g/mol. The van der Waals surface area contributed by atoms with Crippen molar-refractivity contribution >= 4 is 23.8 Å². The first kappa shape index (κ1) is 25.0. The Hall–Kier alpha value is -2.24. The standard InChI is InChI=1S/C26H34O4S/c1-5-7-16-28-17-18-30-24-12-8-21(9-13-24)22-10-14-25(31-20(3)4)23(19-22)11-15-26(27)29-6-2/h8-15,19-20H,5-7,16-18H2,1-4H3/b15-11+. The highest BCUT2D eigenvalue weighted by atomic mass is 32.2. The molecule has 2 rings (SSSR count). The van der Waals surface area contributed by atoms with Gasteiger partial charge in [-0.05, 0) is 60.4 Å². The molecule has 0 unspecified atom stereocenters. The Kier molecular flexibility index (Phi) is 11.3. The quantitative estimate of drug-likeness (QED) is 0.151.